The molecule has 1 atom stereocenters. The summed E-state index contributed by atoms with van der Waals surface area (Å²) in [6, 6.07) is 0. The van der Waals surface area contributed by atoms with Crippen molar-refractivity contribution in [1.29, 1.82) is 0 Å². The molecule has 2 saturated heterocycles. The highest BCUT2D eigenvalue weighted by Gasteiger charge is 2.42. The van der Waals surface area contributed by atoms with Gasteiger partial charge in [-0.05, 0) is 38.9 Å². The Kier molecular flexibility index (Phi) is 2.39. The monoisotopic (exact) mass is 169 g/mol. The Labute approximate surface area is 73.8 Å². The van der Waals surface area contributed by atoms with Gasteiger partial charge in [0, 0.05) is 12.4 Å². The minimum Gasteiger partial charge on any atom is -0.427 e. The fourth-order valence-corrected chi connectivity index (χ4v) is 2.12. The van der Waals surface area contributed by atoms with Gasteiger partial charge in [0.2, 0.25) is 0 Å². The summed E-state index contributed by atoms with van der Waals surface area (Å²) in [6.45, 7) is 3.12. The first kappa shape index (κ1) is 8.54. The SMILES string of the molecule is CN1CCC(C2COB2O)CC1. The van der Waals surface area contributed by atoms with E-state index in [-0.39, 0.29) is 0 Å². The van der Waals surface area contributed by atoms with E-state index in [1.165, 1.54) is 25.9 Å². The van der Waals surface area contributed by atoms with E-state index in [0.717, 1.165) is 6.61 Å². The molecule has 0 spiro atoms. The van der Waals surface area contributed by atoms with Gasteiger partial charge < -0.3 is 14.6 Å². The number of likely N-dealkylation sites (tertiary alicyclic amines) is 1. The molecule has 2 fully saturated rings. The van der Waals surface area contributed by atoms with Crippen molar-refractivity contribution in [2.45, 2.75) is 18.7 Å². The number of hydrogen-bond acceptors (Lipinski definition) is 3. The molecule has 68 valence electrons. The summed E-state index contributed by atoms with van der Waals surface area (Å²) in [6.07, 6.45) is 2.45. The second-order valence-electron chi connectivity index (χ2n) is 4.03. The Bertz CT molecular complexity index is 159. The lowest BCUT2D eigenvalue weighted by molar-refractivity contribution is 0.105. The molecule has 0 radical (unpaired) electrons. The van der Waals surface area contributed by atoms with Crippen molar-refractivity contribution in [1.82, 2.24) is 4.90 Å². The summed E-state index contributed by atoms with van der Waals surface area (Å²) in [5.41, 5.74) is 0. The van der Waals surface area contributed by atoms with Gasteiger partial charge in [0.15, 0.2) is 0 Å². The van der Waals surface area contributed by atoms with Crippen LogP contribution >= 0.6 is 0 Å². The van der Waals surface area contributed by atoms with E-state index in [1.807, 2.05) is 0 Å². The molecule has 2 aliphatic heterocycles. The van der Waals surface area contributed by atoms with Gasteiger partial charge in [0.05, 0.1) is 0 Å². The fourth-order valence-electron chi connectivity index (χ4n) is 2.12. The molecule has 0 aliphatic carbocycles. The number of piperidine rings is 1. The maximum atomic E-state index is 9.29. The Morgan fingerprint density at radius 1 is 1.42 bits per heavy atom. The van der Waals surface area contributed by atoms with Gasteiger partial charge in [-0.2, -0.15) is 0 Å². The summed E-state index contributed by atoms with van der Waals surface area (Å²) in [5.74, 6) is 1.13. The fraction of sp³-hybridized carbons (Fsp3) is 1.00. The molecule has 1 unspecified atom stereocenters. The summed E-state index contributed by atoms with van der Waals surface area (Å²) in [7, 11) is 1.70. The van der Waals surface area contributed by atoms with Crippen LogP contribution in [0.4, 0.5) is 0 Å². The van der Waals surface area contributed by atoms with Crippen LogP contribution in [-0.2, 0) is 4.65 Å². The summed E-state index contributed by atoms with van der Waals surface area (Å²) < 4.78 is 4.97. The molecule has 0 amide bonds. The number of hydrogen-bond donors (Lipinski definition) is 1. The van der Waals surface area contributed by atoms with Crippen LogP contribution in [0.2, 0.25) is 5.82 Å². The molecule has 0 saturated carbocycles. The molecule has 2 rings (SSSR count). The van der Waals surface area contributed by atoms with Crippen molar-refractivity contribution < 1.29 is 9.68 Å². The van der Waals surface area contributed by atoms with Crippen molar-refractivity contribution in [3.8, 4) is 0 Å². The van der Waals surface area contributed by atoms with E-state index < -0.39 is 7.12 Å². The first-order chi connectivity index (χ1) is 5.77. The average molecular weight is 169 g/mol. The maximum absolute atomic E-state index is 9.29. The Hall–Kier alpha value is -0.0551. The third kappa shape index (κ3) is 1.51. The minimum atomic E-state index is -0.460. The minimum absolute atomic E-state index is 0.429. The standard InChI is InChI=1S/C8H16BNO2/c1-10-4-2-7(3-5-10)8-6-12-9(8)11/h7-8,11H,2-6H2,1H3. The summed E-state index contributed by atoms with van der Waals surface area (Å²) >= 11 is 0. The van der Waals surface area contributed by atoms with Crippen LogP contribution in [-0.4, -0.2) is 43.8 Å². The number of nitrogens with zero attached hydrogens (tertiary/aromatic N) is 1. The lowest BCUT2D eigenvalue weighted by Gasteiger charge is -2.39. The first-order valence-electron chi connectivity index (χ1n) is 4.75. The van der Waals surface area contributed by atoms with Gasteiger partial charge in [-0.3, -0.25) is 0 Å². The third-order valence-corrected chi connectivity index (χ3v) is 3.19. The highest BCUT2D eigenvalue weighted by atomic mass is 16.5. The summed E-state index contributed by atoms with van der Waals surface area (Å²) in [4.78, 5) is 2.35. The van der Waals surface area contributed by atoms with Gasteiger partial charge in [-0.1, -0.05) is 0 Å². The van der Waals surface area contributed by atoms with Gasteiger partial charge in [-0.15, -0.1) is 0 Å². The van der Waals surface area contributed by atoms with Crippen molar-refractivity contribution in [3.63, 3.8) is 0 Å². The second kappa shape index (κ2) is 3.36. The Balaban J connectivity index is 1.81. The van der Waals surface area contributed by atoms with E-state index in [1.54, 1.807) is 0 Å². The van der Waals surface area contributed by atoms with Gasteiger partial charge in [-0.25, -0.2) is 0 Å². The van der Waals surface area contributed by atoms with Crippen LogP contribution in [0.5, 0.6) is 0 Å². The highest BCUT2D eigenvalue weighted by molar-refractivity contribution is 6.47. The smallest absolute Gasteiger partial charge is 0.427 e. The number of rotatable bonds is 1. The van der Waals surface area contributed by atoms with Crippen LogP contribution in [0.25, 0.3) is 0 Å². The van der Waals surface area contributed by atoms with Gasteiger partial charge >= 0.3 is 7.12 Å². The molecule has 1 N–H and O–H groups in total. The van der Waals surface area contributed by atoms with Crippen molar-refractivity contribution >= 4 is 7.12 Å². The third-order valence-electron chi connectivity index (χ3n) is 3.19. The normalized spacial score (nSPS) is 33.5. The van der Waals surface area contributed by atoms with E-state index in [2.05, 4.69) is 11.9 Å². The molecule has 3 nitrogen and oxygen atoms in total. The lowest BCUT2D eigenvalue weighted by Crippen LogP contribution is -2.46. The van der Waals surface area contributed by atoms with Crippen LogP contribution in [0.1, 0.15) is 12.8 Å². The van der Waals surface area contributed by atoms with Crippen LogP contribution < -0.4 is 0 Å². The maximum Gasteiger partial charge on any atom is 0.460 e. The van der Waals surface area contributed by atoms with E-state index in [9.17, 15) is 5.02 Å². The highest BCUT2D eigenvalue weighted by Crippen LogP contribution is 2.36. The lowest BCUT2D eigenvalue weighted by atomic mass is 9.59. The van der Waals surface area contributed by atoms with E-state index in [0.29, 0.717) is 11.7 Å². The molecule has 0 bridgehead atoms. The molecular weight excluding hydrogens is 153 g/mol. The van der Waals surface area contributed by atoms with Crippen LogP contribution in [0.3, 0.4) is 0 Å². The zero-order valence-electron chi connectivity index (χ0n) is 7.57. The summed E-state index contributed by atoms with van der Waals surface area (Å²) in [5, 5.41) is 9.29. The molecule has 0 aromatic carbocycles. The van der Waals surface area contributed by atoms with Crippen molar-refractivity contribution in [2.24, 2.45) is 5.92 Å². The molecule has 0 aromatic rings. The van der Waals surface area contributed by atoms with Crippen LogP contribution in [0.15, 0.2) is 0 Å². The Morgan fingerprint density at radius 3 is 2.50 bits per heavy atom. The predicted molar refractivity (Wildman–Crippen MR) is 47.9 cm³/mol. The molecular formula is C8H16BNO2. The Morgan fingerprint density at radius 2 is 2.08 bits per heavy atom. The second-order valence-corrected chi connectivity index (χ2v) is 4.03. The van der Waals surface area contributed by atoms with Crippen molar-refractivity contribution in [2.75, 3.05) is 26.7 Å². The molecule has 2 aliphatic rings. The van der Waals surface area contributed by atoms with Crippen molar-refractivity contribution in [3.05, 3.63) is 0 Å². The first-order valence-corrected chi connectivity index (χ1v) is 4.75. The largest absolute Gasteiger partial charge is 0.460 e. The van der Waals surface area contributed by atoms with E-state index >= 15 is 0 Å². The molecule has 2 heterocycles. The van der Waals surface area contributed by atoms with Gasteiger partial charge in [0.25, 0.3) is 0 Å². The zero-order chi connectivity index (χ0) is 8.55. The van der Waals surface area contributed by atoms with Gasteiger partial charge in [0.1, 0.15) is 0 Å². The molecule has 0 aromatic heterocycles. The topological polar surface area (TPSA) is 32.7 Å². The molecule has 12 heavy (non-hydrogen) atoms. The predicted octanol–water partition coefficient (Wildman–Crippen LogP) is 0.209. The quantitative estimate of drug-likeness (QED) is 0.569. The average Bonchev–Trinajstić information content (AvgIpc) is 2.06. The van der Waals surface area contributed by atoms with E-state index in [4.69, 9.17) is 4.65 Å². The zero-order valence-corrected chi connectivity index (χ0v) is 7.57. The van der Waals surface area contributed by atoms with Crippen LogP contribution in [0, 0.1) is 5.92 Å². The molecule has 4 heteroatoms.